The van der Waals surface area contributed by atoms with Gasteiger partial charge in [0.15, 0.2) is 5.65 Å². The SMILES string of the molecule is Nc1ccc(-n2ncc3cnc(NC4CCNCC4)nc32)cc1. The number of piperidine rings is 1. The highest BCUT2D eigenvalue weighted by atomic mass is 15.3. The van der Waals surface area contributed by atoms with Gasteiger partial charge in [-0.05, 0) is 50.2 Å². The zero-order valence-corrected chi connectivity index (χ0v) is 12.7. The molecule has 1 fully saturated rings. The molecule has 0 unspecified atom stereocenters. The topological polar surface area (TPSA) is 93.7 Å². The molecule has 1 aliphatic heterocycles. The minimum Gasteiger partial charge on any atom is -0.399 e. The van der Waals surface area contributed by atoms with Gasteiger partial charge < -0.3 is 16.4 Å². The zero-order valence-electron chi connectivity index (χ0n) is 12.7. The molecule has 3 aromatic rings. The first-order chi connectivity index (χ1) is 11.3. The van der Waals surface area contributed by atoms with Gasteiger partial charge in [-0.3, -0.25) is 0 Å². The van der Waals surface area contributed by atoms with Crippen LogP contribution in [0, 0.1) is 0 Å². The van der Waals surface area contributed by atoms with E-state index in [4.69, 9.17) is 5.73 Å². The third-order valence-electron chi connectivity index (χ3n) is 4.12. The van der Waals surface area contributed by atoms with Crippen LogP contribution in [0.15, 0.2) is 36.7 Å². The Labute approximate surface area is 133 Å². The molecule has 0 amide bonds. The van der Waals surface area contributed by atoms with Crippen molar-refractivity contribution in [3.05, 3.63) is 36.7 Å². The monoisotopic (exact) mass is 309 g/mol. The first-order valence-corrected chi connectivity index (χ1v) is 7.83. The fourth-order valence-electron chi connectivity index (χ4n) is 2.84. The lowest BCUT2D eigenvalue weighted by Gasteiger charge is -2.23. The molecule has 0 bridgehead atoms. The van der Waals surface area contributed by atoms with E-state index in [9.17, 15) is 0 Å². The average Bonchev–Trinajstić information content (AvgIpc) is 3.00. The number of fused-ring (bicyclic) bond motifs is 1. The van der Waals surface area contributed by atoms with Crippen molar-refractivity contribution in [2.45, 2.75) is 18.9 Å². The molecule has 0 radical (unpaired) electrons. The van der Waals surface area contributed by atoms with E-state index in [0.29, 0.717) is 12.0 Å². The molecule has 1 aromatic carbocycles. The van der Waals surface area contributed by atoms with Gasteiger partial charge in [-0.15, -0.1) is 0 Å². The highest BCUT2D eigenvalue weighted by molar-refractivity contribution is 5.76. The largest absolute Gasteiger partial charge is 0.399 e. The Morgan fingerprint density at radius 1 is 1.13 bits per heavy atom. The van der Waals surface area contributed by atoms with Gasteiger partial charge in [0.1, 0.15) is 0 Å². The Bertz CT molecular complexity index is 803. The smallest absolute Gasteiger partial charge is 0.224 e. The molecule has 3 heterocycles. The standard InChI is InChI=1S/C16H19N7/c17-12-1-3-14(4-2-12)23-15-11(10-20-23)9-19-16(22-15)21-13-5-7-18-8-6-13/h1-4,9-10,13,18H,5-8,17H2,(H,19,21,22). The second-order valence-electron chi connectivity index (χ2n) is 5.79. The van der Waals surface area contributed by atoms with Crippen LogP contribution in [0.4, 0.5) is 11.6 Å². The highest BCUT2D eigenvalue weighted by Crippen LogP contribution is 2.19. The number of hydrogen-bond donors (Lipinski definition) is 3. The quantitative estimate of drug-likeness (QED) is 0.636. The van der Waals surface area contributed by atoms with Gasteiger partial charge in [-0.25, -0.2) is 9.67 Å². The van der Waals surface area contributed by atoms with Gasteiger partial charge in [0.2, 0.25) is 5.95 Å². The van der Waals surface area contributed by atoms with Crippen LogP contribution in [0.25, 0.3) is 16.7 Å². The normalized spacial score (nSPS) is 15.8. The van der Waals surface area contributed by atoms with E-state index in [1.165, 1.54) is 0 Å². The molecule has 2 aromatic heterocycles. The Kier molecular flexibility index (Phi) is 3.55. The molecular weight excluding hydrogens is 290 g/mol. The average molecular weight is 309 g/mol. The predicted octanol–water partition coefficient (Wildman–Crippen LogP) is 1.56. The van der Waals surface area contributed by atoms with E-state index >= 15 is 0 Å². The summed E-state index contributed by atoms with van der Waals surface area (Å²) in [5, 5.41) is 12.1. The van der Waals surface area contributed by atoms with Crippen molar-refractivity contribution in [1.29, 1.82) is 0 Å². The van der Waals surface area contributed by atoms with Crippen molar-refractivity contribution in [3.8, 4) is 5.69 Å². The molecule has 0 spiro atoms. The zero-order chi connectivity index (χ0) is 15.6. The summed E-state index contributed by atoms with van der Waals surface area (Å²) in [6.45, 7) is 2.06. The number of nitrogen functional groups attached to an aromatic ring is 1. The van der Waals surface area contributed by atoms with Gasteiger partial charge in [0, 0.05) is 17.9 Å². The molecule has 4 N–H and O–H groups in total. The number of anilines is 2. The van der Waals surface area contributed by atoms with Gasteiger partial charge in [0.25, 0.3) is 0 Å². The Morgan fingerprint density at radius 3 is 2.70 bits per heavy atom. The van der Waals surface area contributed by atoms with Gasteiger partial charge in [0.05, 0.1) is 17.3 Å². The third kappa shape index (κ3) is 2.83. The Morgan fingerprint density at radius 2 is 1.91 bits per heavy atom. The van der Waals surface area contributed by atoms with Crippen molar-refractivity contribution >= 4 is 22.7 Å². The number of nitrogens with two attached hydrogens (primary N) is 1. The van der Waals surface area contributed by atoms with E-state index in [2.05, 4.69) is 25.7 Å². The summed E-state index contributed by atoms with van der Waals surface area (Å²) in [6, 6.07) is 8.01. The summed E-state index contributed by atoms with van der Waals surface area (Å²) in [7, 11) is 0. The number of aromatic nitrogens is 4. The van der Waals surface area contributed by atoms with Crippen LogP contribution in [0.1, 0.15) is 12.8 Å². The summed E-state index contributed by atoms with van der Waals surface area (Å²) >= 11 is 0. The number of rotatable bonds is 3. The summed E-state index contributed by atoms with van der Waals surface area (Å²) in [4.78, 5) is 9.06. The lowest BCUT2D eigenvalue weighted by Crippen LogP contribution is -2.35. The van der Waals surface area contributed by atoms with Crippen molar-refractivity contribution < 1.29 is 0 Å². The summed E-state index contributed by atoms with van der Waals surface area (Å²) in [5.74, 6) is 0.654. The molecule has 118 valence electrons. The minimum absolute atomic E-state index is 0.418. The van der Waals surface area contributed by atoms with Crippen molar-refractivity contribution in [3.63, 3.8) is 0 Å². The van der Waals surface area contributed by atoms with E-state index in [-0.39, 0.29) is 0 Å². The summed E-state index contributed by atoms with van der Waals surface area (Å²) in [6.07, 6.45) is 5.75. The molecule has 0 aliphatic carbocycles. The maximum Gasteiger partial charge on any atom is 0.224 e. The minimum atomic E-state index is 0.418. The lowest BCUT2D eigenvalue weighted by molar-refractivity contribution is 0.477. The fourth-order valence-corrected chi connectivity index (χ4v) is 2.84. The number of nitrogens with one attached hydrogen (secondary N) is 2. The Balaban J connectivity index is 1.66. The predicted molar refractivity (Wildman–Crippen MR) is 90.6 cm³/mol. The van der Waals surface area contributed by atoms with Gasteiger partial charge in [-0.2, -0.15) is 10.1 Å². The molecule has 23 heavy (non-hydrogen) atoms. The van der Waals surface area contributed by atoms with E-state index < -0.39 is 0 Å². The first kappa shape index (κ1) is 14.0. The van der Waals surface area contributed by atoms with E-state index in [1.54, 1.807) is 6.20 Å². The lowest BCUT2D eigenvalue weighted by atomic mass is 10.1. The molecule has 1 aliphatic rings. The summed E-state index contributed by atoms with van der Waals surface area (Å²) < 4.78 is 1.81. The van der Waals surface area contributed by atoms with Gasteiger partial charge in [-0.1, -0.05) is 0 Å². The maximum absolute atomic E-state index is 5.75. The van der Waals surface area contributed by atoms with Crippen molar-refractivity contribution in [2.75, 3.05) is 24.1 Å². The van der Waals surface area contributed by atoms with Crippen LogP contribution in [0.2, 0.25) is 0 Å². The van der Waals surface area contributed by atoms with Crippen LogP contribution in [0.3, 0.4) is 0 Å². The van der Waals surface area contributed by atoms with E-state index in [0.717, 1.165) is 48.3 Å². The maximum atomic E-state index is 5.75. The van der Waals surface area contributed by atoms with Crippen LogP contribution < -0.4 is 16.4 Å². The third-order valence-corrected chi connectivity index (χ3v) is 4.12. The van der Waals surface area contributed by atoms with Crippen LogP contribution in [-0.2, 0) is 0 Å². The van der Waals surface area contributed by atoms with Gasteiger partial charge >= 0.3 is 0 Å². The summed E-state index contributed by atoms with van der Waals surface area (Å²) in [5.41, 5.74) is 8.20. The number of nitrogens with zero attached hydrogens (tertiary/aromatic N) is 4. The number of hydrogen-bond acceptors (Lipinski definition) is 6. The first-order valence-electron chi connectivity index (χ1n) is 7.83. The van der Waals surface area contributed by atoms with Crippen molar-refractivity contribution in [1.82, 2.24) is 25.1 Å². The molecule has 7 nitrogen and oxygen atoms in total. The molecule has 1 saturated heterocycles. The highest BCUT2D eigenvalue weighted by Gasteiger charge is 2.15. The second kappa shape index (κ2) is 5.85. The van der Waals surface area contributed by atoms with E-state index in [1.807, 2.05) is 35.1 Å². The number of benzene rings is 1. The van der Waals surface area contributed by atoms with Crippen LogP contribution in [0.5, 0.6) is 0 Å². The van der Waals surface area contributed by atoms with Crippen LogP contribution in [-0.4, -0.2) is 38.9 Å². The fraction of sp³-hybridized carbons (Fsp3) is 0.312. The molecular formula is C16H19N7. The molecule has 4 rings (SSSR count). The van der Waals surface area contributed by atoms with Crippen molar-refractivity contribution in [2.24, 2.45) is 0 Å². The molecule has 0 atom stereocenters. The molecule has 7 heteroatoms. The Hall–Kier alpha value is -2.67. The van der Waals surface area contributed by atoms with Crippen LogP contribution >= 0.6 is 0 Å². The molecule has 0 saturated carbocycles. The second-order valence-corrected chi connectivity index (χ2v) is 5.79.